The highest BCUT2D eigenvalue weighted by atomic mass is 35.5. The second-order valence-corrected chi connectivity index (χ2v) is 4.67. The number of hydrogen-bond acceptors (Lipinski definition) is 3. The van der Waals surface area contributed by atoms with E-state index in [1.165, 1.54) is 12.1 Å². The van der Waals surface area contributed by atoms with E-state index in [2.05, 4.69) is 10.6 Å². The van der Waals surface area contributed by atoms with Gasteiger partial charge in [-0.2, -0.15) is 0 Å². The van der Waals surface area contributed by atoms with Crippen molar-refractivity contribution in [2.24, 2.45) is 0 Å². The predicted octanol–water partition coefficient (Wildman–Crippen LogP) is 1.35. The lowest BCUT2D eigenvalue weighted by Crippen LogP contribution is -2.37. The summed E-state index contributed by atoms with van der Waals surface area (Å²) >= 11 is 5.89. The third-order valence-corrected chi connectivity index (χ3v) is 2.90. The summed E-state index contributed by atoms with van der Waals surface area (Å²) in [5, 5.41) is 5.57. The Morgan fingerprint density at radius 1 is 1.37 bits per heavy atom. The van der Waals surface area contributed by atoms with Crippen LogP contribution in [0.1, 0.15) is 23.2 Å². The number of carbonyl (C=O) groups is 2. The smallest absolute Gasteiger partial charge is 0.253 e. The van der Waals surface area contributed by atoms with Gasteiger partial charge in [-0.05, 0) is 31.0 Å². The van der Waals surface area contributed by atoms with Gasteiger partial charge in [-0.25, -0.2) is 0 Å². The first kappa shape index (κ1) is 15.6. The normalized spacial score (nSPS) is 13.3. The van der Waals surface area contributed by atoms with E-state index in [0.717, 1.165) is 12.8 Å². The minimum absolute atomic E-state index is 0. The fourth-order valence-corrected chi connectivity index (χ4v) is 1.75. The molecule has 4 N–H and O–H groups in total. The zero-order chi connectivity index (χ0) is 13.1. The van der Waals surface area contributed by atoms with Crippen LogP contribution in [-0.4, -0.2) is 24.4 Å². The monoisotopic (exact) mass is 303 g/mol. The summed E-state index contributed by atoms with van der Waals surface area (Å²) in [4.78, 5) is 23.2. The molecule has 0 heterocycles. The van der Waals surface area contributed by atoms with E-state index in [0.29, 0.717) is 11.3 Å². The Kier molecular flexibility index (Phi) is 5.44. The maximum atomic E-state index is 11.8. The van der Waals surface area contributed by atoms with Crippen LogP contribution in [0, 0.1) is 0 Å². The van der Waals surface area contributed by atoms with Crippen molar-refractivity contribution >= 4 is 41.5 Å². The quantitative estimate of drug-likeness (QED) is 0.734. The number of carbonyl (C=O) groups excluding carboxylic acids is 2. The molecule has 0 radical (unpaired) electrons. The van der Waals surface area contributed by atoms with E-state index >= 15 is 0 Å². The van der Waals surface area contributed by atoms with Crippen molar-refractivity contribution in [2.75, 3.05) is 12.3 Å². The number of nitrogens with two attached hydrogens (primary N) is 1. The lowest BCUT2D eigenvalue weighted by atomic mass is 10.2. The highest BCUT2D eigenvalue weighted by Gasteiger charge is 2.23. The Morgan fingerprint density at radius 3 is 2.63 bits per heavy atom. The zero-order valence-electron chi connectivity index (χ0n) is 10.1. The van der Waals surface area contributed by atoms with Crippen molar-refractivity contribution in [3.8, 4) is 0 Å². The molecular weight excluding hydrogens is 289 g/mol. The van der Waals surface area contributed by atoms with Crippen LogP contribution in [0.2, 0.25) is 5.02 Å². The van der Waals surface area contributed by atoms with Gasteiger partial charge in [-0.1, -0.05) is 11.6 Å². The minimum Gasteiger partial charge on any atom is -0.399 e. The van der Waals surface area contributed by atoms with E-state index in [-0.39, 0.29) is 41.8 Å². The van der Waals surface area contributed by atoms with Crippen molar-refractivity contribution in [3.63, 3.8) is 0 Å². The van der Waals surface area contributed by atoms with Gasteiger partial charge in [0.25, 0.3) is 5.91 Å². The third-order valence-electron chi connectivity index (χ3n) is 2.59. The van der Waals surface area contributed by atoms with Crippen molar-refractivity contribution in [3.05, 3.63) is 28.8 Å². The Hall–Kier alpha value is -1.46. The molecule has 0 spiro atoms. The van der Waals surface area contributed by atoms with E-state index < -0.39 is 0 Å². The molecule has 104 valence electrons. The van der Waals surface area contributed by atoms with Gasteiger partial charge in [0.2, 0.25) is 5.91 Å². The number of hydrogen-bond donors (Lipinski definition) is 3. The van der Waals surface area contributed by atoms with Crippen molar-refractivity contribution in [1.82, 2.24) is 10.6 Å². The highest BCUT2D eigenvalue weighted by molar-refractivity contribution is 6.34. The van der Waals surface area contributed by atoms with Crippen LogP contribution in [0.3, 0.4) is 0 Å². The summed E-state index contributed by atoms with van der Waals surface area (Å²) in [6, 6.07) is 4.91. The Bertz CT molecular complexity index is 490. The maximum Gasteiger partial charge on any atom is 0.253 e. The molecule has 0 atom stereocenters. The second kappa shape index (κ2) is 6.63. The molecule has 1 fully saturated rings. The molecular formula is C12H15Cl2N3O2. The standard InChI is InChI=1S/C12H14ClN3O2.ClH/c13-10-5-7(14)1-4-9(10)12(18)15-6-11(17)16-8-2-3-8;/h1,4-5,8H,2-3,6,14H2,(H,15,18)(H,16,17);1H. The van der Waals surface area contributed by atoms with Gasteiger partial charge in [-0.3, -0.25) is 9.59 Å². The summed E-state index contributed by atoms with van der Waals surface area (Å²) in [5.41, 5.74) is 6.33. The average Bonchev–Trinajstić information content (AvgIpc) is 3.10. The van der Waals surface area contributed by atoms with E-state index in [9.17, 15) is 9.59 Å². The zero-order valence-corrected chi connectivity index (χ0v) is 11.7. The van der Waals surface area contributed by atoms with Gasteiger partial charge in [0.15, 0.2) is 0 Å². The Morgan fingerprint density at radius 2 is 2.05 bits per heavy atom. The SMILES string of the molecule is Cl.Nc1ccc(C(=O)NCC(=O)NC2CC2)c(Cl)c1. The molecule has 19 heavy (non-hydrogen) atoms. The predicted molar refractivity (Wildman–Crippen MR) is 76.6 cm³/mol. The van der Waals surface area contributed by atoms with Gasteiger partial charge in [-0.15, -0.1) is 12.4 Å². The first-order valence-corrected chi connectivity index (χ1v) is 6.06. The van der Waals surface area contributed by atoms with Crippen LogP contribution >= 0.6 is 24.0 Å². The number of nitrogens with one attached hydrogen (secondary N) is 2. The van der Waals surface area contributed by atoms with Gasteiger partial charge in [0.1, 0.15) is 0 Å². The van der Waals surface area contributed by atoms with Crippen LogP contribution < -0.4 is 16.4 Å². The molecule has 1 aliphatic rings. The largest absolute Gasteiger partial charge is 0.399 e. The van der Waals surface area contributed by atoms with Gasteiger partial charge in [0.05, 0.1) is 17.1 Å². The molecule has 0 unspecified atom stereocenters. The molecule has 7 heteroatoms. The Labute approximate surface area is 122 Å². The topological polar surface area (TPSA) is 84.2 Å². The maximum absolute atomic E-state index is 11.8. The number of anilines is 1. The van der Waals surface area contributed by atoms with E-state index in [4.69, 9.17) is 17.3 Å². The molecule has 2 rings (SSSR count). The number of amides is 2. The fraction of sp³-hybridized carbons (Fsp3) is 0.333. The van der Waals surface area contributed by atoms with Gasteiger partial charge >= 0.3 is 0 Å². The number of rotatable bonds is 4. The van der Waals surface area contributed by atoms with Gasteiger partial charge < -0.3 is 16.4 Å². The first-order chi connectivity index (χ1) is 8.56. The number of benzene rings is 1. The number of halogens is 2. The van der Waals surface area contributed by atoms with Gasteiger partial charge in [0, 0.05) is 11.7 Å². The third kappa shape index (κ3) is 4.61. The summed E-state index contributed by atoms with van der Waals surface area (Å²) in [6.45, 7) is -0.0456. The summed E-state index contributed by atoms with van der Waals surface area (Å²) in [5.74, 6) is -0.566. The van der Waals surface area contributed by atoms with E-state index in [1.54, 1.807) is 6.07 Å². The summed E-state index contributed by atoms with van der Waals surface area (Å²) in [6.07, 6.45) is 2.03. The lowest BCUT2D eigenvalue weighted by molar-refractivity contribution is -0.120. The number of nitrogen functional groups attached to an aromatic ring is 1. The Balaban J connectivity index is 0.00000180. The van der Waals surface area contributed by atoms with Crippen LogP contribution in [0.5, 0.6) is 0 Å². The lowest BCUT2D eigenvalue weighted by Gasteiger charge is -2.07. The van der Waals surface area contributed by atoms with Crippen LogP contribution in [0.4, 0.5) is 5.69 Å². The molecule has 2 amide bonds. The highest BCUT2D eigenvalue weighted by Crippen LogP contribution is 2.19. The summed E-state index contributed by atoms with van der Waals surface area (Å²) < 4.78 is 0. The van der Waals surface area contributed by atoms with Crippen molar-refractivity contribution < 1.29 is 9.59 Å². The molecule has 1 aliphatic carbocycles. The molecule has 0 bridgehead atoms. The molecule has 0 saturated heterocycles. The van der Waals surface area contributed by atoms with Crippen LogP contribution in [-0.2, 0) is 4.79 Å². The molecule has 0 aliphatic heterocycles. The fourth-order valence-electron chi connectivity index (χ4n) is 1.48. The minimum atomic E-state index is -0.383. The second-order valence-electron chi connectivity index (χ2n) is 4.26. The summed E-state index contributed by atoms with van der Waals surface area (Å²) in [7, 11) is 0. The average molecular weight is 304 g/mol. The van der Waals surface area contributed by atoms with E-state index in [1.807, 2.05) is 0 Å². The van der Waals surface area contributed by atoms with Crippen LogP contribution in [0.15, 0.2) is 18.2 Å². The van der Waals surface area contributed by atoms with Crippen LogP contribution in [0.25, 0.3) is 0 Å². The molecule has 1 aromatic rings. The molecule has 5 nitrogen and oxygen atoms in total. The van der Waals surface area contributed by atoms with Crippen molar-refractivity contribution in [1.29, 1.82) is 0 Å². The first-order valence-electron chi connectivity index (χ1n) is 5.69. The molecule has 0 aromatic heterocycles. The molecule has 1 aromatic carbocycles. The molecule has 1 saturated carbocycles. The van der Waals surface area contributed by atoms with Crippen molar-refractivity contribution in [2.45, 2.75) is 18.9 Å².